The molecule has 0 spiro atoms. The zero-order chi connectivity index (χ0) is 17.6. The first-order valence-electron chi connectivity index (χ1n) is 6.65. The molecule has 1 aromatic rings. The lowest BCUT2D eigenvalue weighted by Gasteiger charge is -2.07. The fourth-order valence-corrected chi connectivity index (χ4v) is 2.41. The normalized spacial score (nSPS) is 11.4. The molecule has 0 fully saturated rings. The van der Waals surface area contributed by atoms with E-state index in [9.17, 15) is 19.7 Å². The quantitative estimate of drug-likeness (QED) is 0.185. The topological polar surface area (TPSA) is 86.5 Å². The number of benzene rings is 1. The summed E-state index contributed by atoms with van der Waals surface area (Å²) in [7, 11) is 1.16. The second-order valence-electron chi connectivity index (χ2n) is 4.80. The van der Waals surface area contributed by atoms with Gasteiger partial charge in [-0.3, -0.25) is 14.9 Å². The number of nitrogens with zero attached hydrogens (tertiary/aromatic N) is 1. The number of thioether (sulfide) groups is 1. The van der Waals surface area contributed by atoms with Crippen molar-refractivity contribution in [3.05, 3.63) is 44.5 Å². The van der Waals surface area contributed by atoms with Crippen molar-refractivity contribution in [1.82, 2.24) is 0 Å². The first kappa shape index (κ1) is 19.2. The van der Waals surface area contributed by atoms with Crippen LogP contribution in [0.3, 0.4) is 0 Å². The largest absolute Gasteiger partial charge is 0.465 e. The van der Waals surface area contributed by atoms with Crippen molar-refractivity contribution >= 4 is 46.9 Å². The zero-order valence-corrected chi connectivity index (χ0v) is 14.4. The summed E-state index contributed by atoms with van der Waals surface area (Å²) in [5.74, 6) is -1.12. The number of ketones is 1. The van der Waals surface area contributed by atoms with Crippen LogP contribution in [0.1, 0.15) is 19.4 Å². The maximum Gasteiger partial charge on any atom is 0.341 e. The minimum Gasteiger partial charge on any atom is -0.465 e. The first-order chi connectivity index (χ1) is 10.8. The molecule has 8 heteroatoms. The molecule has 23 heavy (non-hydrogen) atoms. The van der Waals surface area contributed by atoms with Gasteiger partial charge in [0.1, 0.15) is 5.57 Å². The van der Waals surface area contributed by atoms with E-state index in [1.54, 1.807) is 0 Å². The van der Waals surface area contributed by atoms with Gasteiger partial charge in [0.2, 0.25) is 0 Å². The summed E-state index contributed by atoms with van der Waals surface area (Å²) in [5.41, 5.74) is -0.166. The third-order valence-corrected chi connectivity index (χ3v) is 4.18. The maximum atomic E-state index is 12.2. The highest BCUT2D eigenvalue weighted by Crippen LogP contribution is 2.25. The summed E-state index contributed by atoms with van der Waals surface area (Å²) in [6.07, 6.45) is 1.23. The molecule has 0 amide bonds. The smallest absolute Gasteiger partial charge is 0.341 e. The number of ether oxygens (including phenoxy) is 1. The fraction of sp³-hybridized carbons (Fsp3) is 0.333. The van der Waals surface area contributed by atoms with E-state index in [1.165, 1.54) is 36.0 Å². The number of rotatable bonds is 7. The van der Waals surface area contributed by atoms with Crippen LogP contribution in [0.4, 0.5) is 5.69 Å². The summed E-state index contributed by atoms with van der Waals surface area (Å²) in [6.45, 7) is 3.85. The van der Waals surface area contributed by atoms with Gasteiger partial charge in [-0.15, -0.1) is 0 Å². The van der Waals surface area contributed by atoms with Gasteiger partial charge in [0, 0.05) is 22.7 Å². The zero-order valence-electron chi connectivity index (χ0n) is 12.9. The molecule has 1 rings (SSSR count). The molecule has 0 unspecified atom stereocenters. The van der Waals surface area contributed by atoms with Crippen molar-refractivity contribution in [2.45, 2.75) is 19.1 Å². The van der Waals surface area contributed by atoms with E-state index in [0.717, 1.165) is 7.11 Å². The Morgan fingerprint density at radius 3 is 2.61 bits per heavy atom. The molecule has 0 bridgehead atoms. The molecule has 0 aliphatic carbocycles. The minimum atomic E-state index is -0.804. The average Bonchev–Trinajstić information content (AvgIpc) is 2.50. The van der Waals surface area contributed by atoms with Gasteiger partial charge in [-0.1, -0.05) is 25.4 Å². The standard InChI is InChI=1S/C15H16ClNO5S/c1-9(2)23-8-14(18)12(15(19)22-3)7-10-6-11(17(20)21)4-5-13(10)16/h4-7,9H,8H2,1-3H3. The van der Waals surface area contributed by atoms with Crippen LogP contribution in [-0.2, 0) is 14.3 Å². The molecule has 124 valence electrons. The van der Waals surface area contributed by atoms with Crippen LogP contribution in [0.2, 0.25) is 5.02 Å². The number of nitro benzene ring substituents is 1. The van der Waals surface area contributed by atoms with E-state index < -0.39 is 16.7 Å². The van der Waals surface area contributed by atoms with Gasteiger partial charge in [-0.2, -0.15) is 11.8 Å². The molecular formula is C15H16ClNO5S. The molecule has 0 aromatic heterocycles. The van der Waals surface area contributed by atoms with Crippen molar-refractivity contribution < 1.29 is 19.2 Å². The highest BCUT2D eigenvalue weighted by molar-refractivity contribution is 8.00. The van der Waals surface area contributed by atoms with Gasteiger partial charge < -0.3 is 4.74 Å². The summed E-state index contributed by atoms with van der Waals surface area (Å²) in [5, 5.41) is 11.2. The first-order valence-corrected chi connectivity index (χ1v) is 8.07. The summed E-state index contributed by atoms with van der Waals surface area (Å²) in [6, 6.07) is 3.79. The molecule has 0 N–H and O–H groups in total. The second kappa shape index (κ2) is 8.69. The SMILES string of the molecule is COC(=O)C(=Cc1cc([N+](=O)[O-])ccc1Cl)C(=O)CSC(C)C. The molecular weight excluding hydrogens is 342 g/mol. The van der Waals surface area contributed by atoms with E-state index in [-0.39, 0.29) is 32.8 Å². The highest BCUT2D eigenvalue weighted by Gasteiger charge is 2.20. The van der Waals surface area contributed by atoms with Crippen molar-refractivity contribution in [3.8, 4) is 0 Å². The van der Waals surface area contributed by atoms with Crippen molar-refractivity contribution in [3.63, 3.8) is 0 Å². The van der Waals surface area contributed by atoms with E-state index in [0.29, 0.717) is 0 Å². The molecule has 6 nitrogen and oxygen atoms in total. The third-order valence-electron chi connectivity index (χ3n) is 2.74. The van der Waals surface area contributed by atoms with E-state index in [1.807, 2.05) is 13.8 Å². The van der Waals surface area contributed by atoms with Crippen LogP contribution in [0.5, 0.6) is 0 Å². The number of non-ortho nitro benzene ring substituents is 1. The lowest BCUT2D eigenvalue weighted by Crippen LogP contribution is -2.17. The Balaban J connectivity index is 3.24. The van der Waals surface area contributed by atoms with Crippen LogP contribution in [0.25, 0.3) is 6.08 Å². The number of methoxy groups -OCH3 is 1. The number of hydrogen-bond donors (Lipinski definition) is 0. The third kappa shape index (κ3) is 5.69. The van der Waals surface area contributed by atoms with Gasteiger partial charge in [-0.05, 0) is 17.4 Å². The van der Waals surface area contributed by atoms with Gasteiger partial charge >= 0.3 is 5.97 Å². The van der Waals surface area contributed by atoms with Crippen LogP contribution in [-0.4, -0.2) is 34.8 Å². The molecule has 0 radical (unpaired) electrons. The maximum absolute atomic E-state index is 12.2. The van der Waals surface area contributed by atoms with E-state index in [2.05, 4.69) is 4.74 Å². The predicted molar refractivity (Wildman–Crippen MR) is 90.7 cm³/mol. The van der Waals surface area contributed by atoms with Crippen molar-refractivity contribution in [1.29, 1.82) is 0 Å². The van der Waals surface area contributed by atoms with Crippen LogP contribution in [0, 0.1) is 10.1 Å². The Kier molecular flexibility index (Phi) is 7.25. The predicted octanol–water partition coefficient (Wildman–Crippen LogP) is 3.52. The number of halogens is 1. The van der Waals surface area contributed by atoms with Crippen LogP contribution in [0.15, 0.2) is 23.8 Å². The molecule has 0 atom stereocenters. The van der Waals surface area contributed by atoms with Crippen molar-refractivity contribution in [2.75, 3.05) is 12.9 Å². The van der Waals surface area contributed by atoms with E-state index >= 15 is 0 Å². The molecule has 0 heterocycles. The fourth-order valence-electron chi connectivity index (χ4n) is 1.59. The number of esters is 1. The Morgan fingerprint density at radius 2 is 2.09 bits per heavy atom. The van der Waals surface area contributed by atoms with Crippen molar-refractivity contribution in [2.24, 2.45) is 0 Å². The van der Waals surface area contributed by atoms with Gasteiger partial charge in [0.05, 0.1) is 17.8 Å². The van der Waals surface area contributed by atoms with Gasteiger partial charge in [-0.25, -0.2) is 4.79 Å². The number of carbonyl (C=O) groups is 2. The molecule has 0 aliphatic rings. The van der Waals surface area contributed by atoms with Crippen LogP contribution >= 0.6 is 23.4 Å². The lowest BCUT2D eigenvalue weighted by atomic mass is 10.1. The Hall–Kier alpha value is -1.86. The molecule has 1 aromatic carbocycles. The minimum absolute atomic E-state index is 0.102. The van der Waals surface area contributed by atoms with Crippen LogP contribution < -0.4 is 0 Å². The average molecular weight is 358 g/mol. The highest BCUT2D eigenvalue weighted by atomic mass is 35.5. The second-order valence-corrected chi connectivity index (χ2v) is 6.77. The van der Waals surface area contributed by atoms with Gasteiger partial charge in [0.25, 0.3) is 5.69 Å². The molecule has 0 aliphatic heterocycles. The summed E-state index contributed by atoms with van der Waals surface area (Å²) < 4.78 is 4.62. The van der Waals surface area contributed by atoms with Gasteiger partial charge in [0.15, 0.2) is 5.78 Å². The number of nitro groups is 1. The number of carbonyl (C=O) groups excluding carboxylic acids is 2. The summed E-state index contributed by atoms with van der Waals surface area (Å²) in [4.78, 5) is 34.3. The summed E-state index contributed by atoms with van der Waals surface area (Å²) >= 11 is 7.37. The Bertz CT molecular complexity index is 657. The monoisotopic (exact) mass is 357 g/mol. The molecule has 0 saturated heterocycles. The number of hydrogen-bond acceptors (Lipinski definition) is 6. The Morgan fingerprint density at radius 1 is 1.43 bits per heavy atom. The molecule has 0 saturated carbocycles. The lowest BCUT2D eigenvalue weighted by molar-refractivity contribution is -0.384. The Labute approximate surface area is 143 Å². The van der Waals surface area contributed by atoms with E-state index in [4.69, 9.17) is 11.6 Å². The number of Topliss-reactive ketones (excluding diaryl/α,β-unsaturated/α-hetero) is 1.